The second kappa shape index (κ2) is 10.1. The van der Waals surface area contributed by atoms with Crippen LogP contribution >= 0.6 is 59.4 Å². The van der Waals surface area contributed by atoms with Crippen LogP contribution in [0.15, 0.2) is 39.7 Å². The minimum Gasteiger partial charge on any atom is -0.481 e. The molecular formula is C20H17Cl2NO3S3. The summed E-state index contributed by atoms with van der Waals surface area (Å²) in [6, 6.07) is 9.07. The standard InChI is InChI=1S/C20H17Cl2NO3S3/c21-14-7-5-12(10-15(14)22)16-8-6-13(26-16)11-17-19(27)23(20(28)29-17)9-3-1-2-4-18(24)25/h5-8,10-11H,1-4,9H2,(H,24,25)/b17-11+. The maximum absolute atomic E-state index is 10.6. The predicted octanol–water partition coefficient (Wildman–Crippen LogP) is 6.90. The molecule has 0 atom stereocenters. The second-order valence-corrected chi connectivity index (χ2v) is 9.25. The van der Waals surface area contributed by atoms with Gasteiger partial charge in [-0.1, -0.05) is 65.8 Å². The number of carboxylic acid groups (broad SMARTS) is 1. The van der Waals surface area contributed by atoms with Crippen LogP contribution in [0.5, 0.6) is 0 Å². The Kier molecular flexibility index (Phi) is 7.76. The molecule has 1 saturated heterocycles. The lowest BCUT2D eigenvalue weighted by Crippen LogP contribution is -2.27. The number of carboxylic acids is 1. The van der Waals surface area contributed by atoms with E-state index < -0.39 is 5.97 Å². The third-order valence-corrected chi connectivity index (χ3v) is 6.96. The van der Waals surface area contributed by atoms with Crippen molar-refractivity contribution in [1.29, 1.82) is 0 Å². The zero-order valence-corrected chi connectivity index (χ0v) is 19.2. The fourth-order valence-corrected chi connectivity index (χ4v) is 4.87. The number of carbonyl (C=O) groups is 1. The van der Waals surface area contributed by atoms with Crippen LogP contribution < -0.4 is 0 Å². The number of unbranched alkanes of at least 4 members (excludes halogenated alkanes) is 2. The molecule has 2 aromatic rings. The van der Waals surface area contributed by atoms with E-state index in [9.17, 15) is 4.79 Å². The molecule has 0 bridgehead atoms. The van der Waals surface area contributed by atoms with E-state index in [1.165, 1.54) is 11.8 Å². The van der Waals surface area contributed by atoms with Gasteiger partial charge in [-0.2, -0.15) is 0 Å². The average Bonchev–Trinajstić information content (AvgIpc) is 3.23. The highest BCUT2D eigenvalue weighted by Crippen LogP contribution is 2.35. The Morgan fingerprint density at radius 2 is 1.93 bits per heavy atom. The molecule has 152 valence electrons. The lowest BCUT2D eigenvalue weighted by atomic mass is 10.2. The molecule has 1 aliphatic heterocycles. The molecule has 3 rings (SSSR count). The molecule has 0 aliphatic carbocycles. The number of thiocarbonyl (C=S) groups is 2. The monoisotopic (exact) mass is 485 g/mol. The van der Waals surface area contributed by atoms with Gasteiger partial charge in [0.25, 0.3) is 0 Å². The lowest BCUT2D eigenvalue weighted by Gasteiger charge is -2.16. The fourth-order valence-electron chi connectivity index (χ4n) is 2.78. The van der Waals surface area contributed by atoms with Gasteiger partial charge in [0.2, 0.25) is 0 Å². The number of hydrogen-bond acceptors (Lipinski definition) is 5. The van der Waals surface area contributed by atoms with Crippen LogP contribution in [-0.2, 0) is 4.79 Å². The van der Waals surface area contributed by atoms with E-state index in [4.69, 9.17) is 57.2 Å². The third-order valence-electron chi connectivity index (χ3n) is 4.25. The first-order chi connectivity index (χ1) is 13.8. The number of nitrogens with zero attached hydrogens (tertiary/aromatic N) is 1. The number of hydrogen-bond donors (Lipinski definition) is 1. The van der Waals surface area contributed by atoms with Crippen molar-refractivity contribution in [1.82, 2.24) is 4.90 Å². The first-order valence-electron chi connectivity index (χ1n) is 8.87. The number of rotatable bonds is 8. The highest BCUT2D eigenvalue weighted by atomic mass is 35.5. The molecule has 1 aromatic carbocycles. The number of thioether (sulfide) groups is 1. The second-order valence-electron chi connectivity index (χ2n) is 6.37. The van der Waals surface area contributed by atoms with Crippen LogP contribution in [0.25, 0.3) is 17.4 Å². The van der Waals surface area contributed by atoms with Gasteiger partial charge in [0.15, 0.2) is 0 Å². The molecule has 4 nitrogen and oxygen atoms in total. The summed E-state index contributed by atoms with van der Waals surface area (Å²) < 4.78 is 6.62. The summed E-state index contributed by atoms with van der Waals surface area (Å²) in [5.41, 5.74) is 0.837. The predicted molar refractivity (Wildman–Crippen MR) is 128 cm³/mol. The normalized spacial score (nSPS) is 15.5. The van der Waals surface area contributed by atoms with Gasteiger partial charge < -0.3 is 14.4 Å². The topological polar surface area (TPSA) is 53.7 Å². The van der Waals surface area contributed by atoms with Gasteiger partial charge >= 0.3 is 5.97 Å². The zero-order chi connectivity index (χ0) is 21.0. The zero-order valence-electron chi connectivity index (χ0n) is 15.2. The summed E-state index contributed by atoms with van der Waals surface area (Å²) >= 11 is 24.5. The molecule has 2 heterocycles. The maximum atomic E-state index is 10.6. The average molecular weight is 486 g/mol. The summed E-state index contributed by atoms with van der Waals surface area (Å²) in [5.74, 6) is 0.584. The molecule has 29 heavy (non-hydrogen) atoms. The van der Waals surface area contributed by atoms with Crippen LogP contribution in [0.3, 0.4) is 0 Å². The number of furan rings is 1. The van der Waals surface area contributed by atoms with Crippen molar-refractivity contribution in [2.75, 3.05) is 6.54 Å². The summed E-state index contributed by atoms with van der Waals surface area (Å²) in [4.78, 5) is 14.0. The van der Waals surface area contributed by atoms with Gasteiger partial charge in [-0.15, -0.1) is 0 Å². The Hall–Kier alpha value is -1.38. The smallest absolute Gasteiger partial charge is 0.303 e. The highest BCUT2D eigenvalue weighted by molar-refractivity contribution is 8.27. The summed E-state index contributed by atoms with van der Waals surface area (Å²) in [7, 11) is 0. The van der Waals surface area contributed by atoms with Crippen LogP contribution in [-0.4, -0.2) is 31.8 Å². The van der Waals surface area contributed by atoms with E-state index >= 15 is 0 Å². The van der Waals surface area contributed by atoms with Crippen molar-refractivity contribution < 1.29 is 14.3 Å². The van der Waals surface area contributed by atoms with Crippen LogP contribution in [0.4, 0.5) is 0 Å². The molecular weight excluding hydrogens is 469 g/mol. The van der Waals surface area contributed by atoms with Crippen molar-refractivity contribution >= 4 is 80.8 Å². The van der Waals surface area contributed by atoms with Gasteiger partial charge in [-0.25, -0.2) is 0 Å². The van der Waals surface area contributed by atoms with Crippen molar-refractivity contribution in [2.24, 2.45) is 0 Å². The van der Waals surface area contributed by atoms with Gasteiger partial charge in [0, 0.05) is 18.5 Å². The largest absolute Gasteiger partial charge is 0.481 e. The molecule has 0 amide bonds. The Morgan fingerprint density at radius 1 is 1.14 bits per heavy atom. The Labute approximate surface area is 193 Å². The van der Waals surface area contributed by atoms with E-state index in [0.717, 1.165) is 23.3 Å². The van der Waals surface area contributed by atoms with Crippen LogP contribution in [0, 0.1) is 0 Å². The van der Waals surface area contributed by atoms with E-state index in [0.29, 0.717) is 43.8 Å². The third kappa shape index (κ3) is 5.83. The van der Waals surface area contributed by atoms with Crippen molar-refractivity contribution in [3.8, 4) is 11.3 Å². The quantitative estimate of drug-likeness (QED) is 0.247. The van der Waals surface area contributed by atoms with Crippen molar-refractivity contribution in [2.45, 2.75) is 25.7 Å². The minimum atomic E-state index is -0.767. The van der Waals surface area contributed by atoms with Crippen molar-refractivity contribution in [3.63, 3.8) is 0 Å². The molecule has 0 saturated carbocycles. The molecule has 1 aliphatic rings. The van der Waals surface area contributed by atoms with Crippen molar-refractivity contribution in [3.05, 3.63) is 51.0 Å². The molecule has 0 spiro atoms. The molecule has 0 unspecified atom stereocenters. The van der Waals surface area contributed by atoms with E-state index in [2.05, 4.69) is 0 Å². The molecule has 0 radical (unpaired) electrons. The van der Waals surface area contributed by atoms with Gasteiger partial charge in [0.1, 0.15) is 20.8 Å². The number of halogens is 2. The first kappa shape index (κ1) is 22.3. The Balaban J connectivity index is 1.64. The minimum absolute atomic E-state index is 0.189. The summed E-state index contributed by atoms with van der Waals surface area (Å²) in [5, 5.41) is 9.66. The van der Waals surface area contributed by atoms with Gasteiger partial charge in [0.05, 0.1) is 15.0 Å². The Morgan fingerprint density at radius 3 is 2.66 bits per heavy atom. The van der Waals surface area contributed by atoms with E-state index in [1.807, 2.05) is 29.2 Å². The number of aliphatic carboxylic acids is 1. The molecule has 1 fully saturated rings. The molecule has 9 heteroatoms. The summed E-state index contributed by atoms with van der Waals surface area (Å²) in [6.45, 7) is 0.689. The molecule has 1 N–H and O–H groups in total. The fraction of sp³-hybridized carbons (Fsp3) is 0.250. The van der Waals surface area contributed by atoms with Crippen LogP contribution in [0.2, 0.25) is 10.0 Å². The summed E-state index contributed by atoms with van der Waals surface area (Å²) in [6.07, 6.45) is 4.38. The van der Waals surface area contributed by atoms with Crippen LogP contribution in [0.1, 0.15) is 31.4 Å². The van der Waals surface area contributed by atoms with E-state index in [-0.39, 0.29) is 6.42 Å². The van der Waals surface area contributed by atoms with Gasteiger partial charge in [-0.05, 0) is 49.2 Å². The maximum Gasteiger partial charge on any atom is 0.303 e. The first-order valence-corrected chi connectivity index (χ1v) is 11.3. The number of benzene rings is 1. The highest BCUT2D eigenvalue weighted by Gasteiger charge is 2.28. The Bertz CT molecular complexity index is 987. The molecule has 1 aromatic heterocycles. The van der Waals surface area contributed by atoms with E-state index in [1.54, 1.807) is 12.1 Å². The SMILES string of the molecule is O=C(O)CCCCCN1C(=S)S/C(=C/c2ccc(-c3ccc(Cl)c(Cl)c3)o2)C1=S. The van der Waals surface area contributed by atoms with Gasteiger partial charge in [-0.3, -0.25) is 4.79 Å². The lowest BCUT2D eigenvalue weighted by molar-refractivity contribution is -0.137.